The molecular formula is C6H11NO4S. The van der Waals surface area contributed by atoms with Crippen LogP contribution < -0.4 is 0 Å². The summed E-state index contributed by atoms with van der Waals surface area (Å²) >= 11 is 3.81. The summed E-state index contributed by atoms with van der Waals surface area (Å²) in [6.07, 6.45) is 0. The zero-order chi connectivity index (χ0) is 9.72. The topological polar surface area (TPSA) is 77.8 Å². The zero-order valence-electron chi connectivity index (χ0n) is 6.60. The summed E-state index contributed by atoms with van der Waals surface area (Å²) < 4.78 is 0. The number of aliphatic hydroxyl groups excluding tert-OH is 1. The summed E-state index contributed by atoms with van der Waals surface area (Å²) in [5, 5.41) is 16.3. The number of aliphatic carboxylic acids is 1. The Morgan fingerprint density at radius 1 is 1.58 bits per heavy atom. The Kier molecular flexibility index (Phi) is 4.68. The first-order chi connectivity index (χ1) is 5.49. The van der Waals surface area contributed by atoms with E-state index >= 15 is 0 Å². The molecule has 0 rings (SSSR count). The molecule has 0 aliphatic carbocycles. The summed E-state index contributed by atoms with van der Waals surface area (Å²) in [5.74, 6) is -1.66. The lowest BCUT2D eigenvalue weighted by Crippen LogP contribution is -2.39. The fraction of sp³-hybridized carbons (Fsp3) is 0.667. The Labute approximate surface area is 75.4 Å². The van der Waals surface area contributed by atoms with Gasteiger partial charge in [0.05, 0.1) is 5.25 Å². The molecule has 0 aliphatic heterocycles. The van der Waals surface area contributed by atoms with Crippen LogP contribution >= 0.6 is 12.6 Å². The molecule has 0 saturated carbocycles. The Hall–Kier alpha value is -0.750. The summed E-state index contributed by atoms with van der Waals surface area (Å²) in [5.41, 5.74) is 0. The van der Waals surface area contributed by atoms with Crippen LogP contribution in [-0.2, 0) is 9.59 Å². The molecule has 0 bridgehead atoms. The van der Waals surface area contributed by atoms with Gasteiger partial charge in [-0.3, -0.25) is 9.59 Å². The molecule has 0 aromatic heterocycles. The van der Waals surface area contributed by atoms with Gasteiger partial charge in [-0.2, -0.15) is 12.6 Å². The molecule has 6 heteroatoms. The quantitative estimate of drug-likeness (QED) is 0.402. The minimum atomic E-state index is -1.16. The molecule has 5 nitrogen and oxygen atoms in total. The number of thiol groups is 1. The summed E-state index contributed by atoms with van der Waals surface area (Å²) in [6.45, 7) is 0.409. The standard InChI is InChI=1S/C6H11NO4S/c1-4(12)6(11)7(3-8)2-5(9)10/h4,8,12H,2-3H2,1H3,(H,9,10). The molecule has 70 valence electrons. The van der Waals surface area contributed by atoms with Crippen molar-refractivity contribution in [2.75, 3.05) is 13.3 Å². The maximum Gasteiger partial charge on any atom is 0.323 e. The predicted octanol–water partition coefficient (Wildman–Crippen LogP) is -0.832. The lowest BCUT2D eigenvalue weighted by Gasteiger charge is -2.18. The molecule has 0 aromatic carbocycles. The van der Waals surface area contributed by atoms with Crippen LogP contribution in [-0.4, -0.2) is 45.5 Å². The van der Waals surface area contributed by atoms with Gasteiger partial charge in [0, 0.05) is 0 Å². The molecule has 2 N–H and O–H groups in total. The molecule has 0 aliphatic rings. The fourth-order valence-electron chi connectivity index (χ4n) is 0.625. The molecular weight excluding hydrogens is 182 g/mol. The van der Waals surface area contributed by atoms with Crippen LogP contribution in [0.1, 0.15) is 6.92 Å². The second-order valence-corrected chi connectivity index (χ2v) is 3.02. The van der Waals surface area contributed by atoms with Gasteiger partial charge >= 0.3 is 5.97 Å². The van der Waals surface area contributed by atoms with Crippen LogP contribution in [0.4, 0.5) is 0 Å². The van der Waals surface area contributed by atoms with Crippen molar-refractivity contribution in [3.8, 4) is 0 Å². The zero-order valence-corrected chi connectivity index (χ0v) is 7.49. The minimum Gasteiger partial charge on any atom is -0.480 e. The van der Waals surface area contributed by atoms with Crippen molar-refractivity contribution in [1.29, 1.82) is 0 Å². The Balaban J connectivity index is 4.15. The van der Waals surface area contributed by atoms with Crippen LogP contribution in [0.15, 0.2) is 0 Å². The number of rotatable bonds is 4. The normalized spacial score (nSPS) is 12.2. The first kappa shape index (κ1) is 11.2. The van der Waals surface area contributed by atoms with E-state index in [0.717, 1.165) is 4.90 Å². The van der Waals surface area contributed by atoms with Crippen LogP contribution in [0.25, 0.3) is 0 Å². The average Bonchev–Trinajstić information content (AvgIpc) is 1.98. The van der Waals surface area contributed by atoms with Crippen molar-refractivity contribution in [2.24, 2.45) is 0 Å². The summed E-state index contributed by atoms with van der Waals surface area (Å²) in [4.78, 5) is 22.0. The van der Waals surface area contributed by atoms with Gasteiger partial charge in [-0.05, 0) is 6.92 Å². The molecule has 0 spiro atoms. The number of carbonyl (C=O) groups is 2. The van der Waals surface area contributed by atoms with E-state index in [1.54, 1.807) is 0 Å². The van der Waals surface area contributed by atoms with E-state index in [2.05, 4.69) is 12.6 Å². The summed E-state index contributed by atoms with van der Waals surface area (Å²) in [7, 11) is 0. The monoisotopic (exact) mass is 193 g/mol. The van der Waals surface area contributed by atoms with Crippen LogP contribution in [0.5, 0.6) is 0 Å². The molecule has 0 saturated heterocycles. The number of carboxylic acid groups (broad SMARTS) is 1. The smallest absolute Gasteiger partial charge is 0.323 e. The van der Waals surface area contributed by atoms with Gasteiger partial charge in [-0.1, -0.05) is 0 Å². The number of hydrogen-bond donors (Lipinski definition) is 3. The van der Waals surface area contributed by atoms with Crippen LogP contribution in [0, 0.1) is 0 Å². The Morgan fingerprint density at radius 3 is 2.33 bits per heavy atom. The number of nitrogens with zero attached hydrogens (tertiary/aromatic N) is 1. The minimum absolute atomic E-state index is 0.497. The lowest BCUT2D eigenvalue weighted by molar-refractivity contribution is -0.146. The van der Waals surface area contributed by atoms with E-state index in [1.165, 1.54) is 6.92 Å². The third-order valence-corrected chi connectivity index (χ3v) is 1.39. The number of hydrogen-bond acceptors (Lipinski definition) is 4. The van der Waals surface area contributed by atoms with Gasteiger partial charge in [0.1, 0.15) is 13.3 Å². The molecule has 0 fully saturated rings. The largest absolute Gasteiger partial charge is 0.480 e. The van der Waals surface area contributed by atoms with E-state index in [0.29, 0.717) is 0 Å². The van der Waals surface area contributed by atoms with Gasteiger partial charge in [-0.25, -0.2) is 0 Å². The molecule has 12 heavy (non-hydrogen) atoms. The molecule has 1 unspecified atom stereocenters. The molecule has 1 atom stereocenters. The van der Waals surface area contributed by atoms with E-state index < -0.39 is 30.4 Å². The highest BCUT2D eigenvalue weighted by molar-refractivity contribution is 7.81. The highest BCUT2D eigenvalue weighted by Gasteiger charge is 2.18. The van der Waals surface area contributed by atoms with Crippen molar-refractivity contribution in [1.82, 2.24) is 4.90 Å². The first-order valence-corrected chi connectivity index (χ1v) is 3.80. The van der Waals surface area contributed by atoms with Gasteiger partial charge in [0.2, 0.25) is 5.91 Å². The van der Waals surface area contributed by atoms with Crippen LogP contribution in [0.3, 0.4) is 0 Å². The third kappa shape index (κ3) is 3.59. The van der Waals surface area contributed by atoms with Gasteiger partial charge in [-0.15, -0.1) is 0 Å². The van der Waals surface area contributed by atoms with Crippen molar-refractivity contribution < 1.29 is 19.8 Å². The van der Waals surface area contributed by atoms with Crippen LogP contribution in [0.2, 0.25) is 0 Å². The Bertz CT molecular complexity index is 182. The number of carboxylic acids is 1. The van der Waals surface area contributed by atoms with Crippen molar-refractivity contribution >= 4 is 24.5 Å². The summed E-state index contributed by atoms with van der Waals surface area (Å²) in [6, 6.07) is 0. The fourth-order valence-corrected chi connectivity index (χ4v) is 0.788. The number of carbonyl (C=O) groups excluding carboxylic acids is 1. The SMILES string of the molecule is CC(S)C(=O)N(CO)CC(=O)O. The van der Waals surface area contributed by atoms with Gasteiger partial charge in [0.25, 0.3) is 0 Å². The highest BCUT2D eigenvalue weighted by Crippen LogP contribution is 1.99. The second-order valence-electron chi connectivity index (χ2n) is 2.25. The predicted molar refractivity (Wildman–Crippen MR) is 44.9 cm³/mol. The first-order valence-electron chi connectivity index (χ1n) is 3.28. The maximum atomic E-state index is 11.0. The molecule has 0 radical (unpaired) electrons. The van der Waals surface area contributed by atoms with Crippen molar-refractivity contribution in [3.63, 3.8) is 0 Å². The molecule has 0 heterocycles. The number of amides is 1. The second kappa shape index (κ2) is 5.00. The third-order valence-electron chi connectivity index (χ3n) is 1.17. The maximum absolute atomic E-state index is 11.0. The van der Waals surface area contributed by atoms with E-state index in [1.807, 2.05) is 0 Å². The Morgan fingerprint density at radius 2 is 2.08 bits per heavy atom. The molecule has 0 aromatic rings. The van der Waals surface area contributed by atoms with Gasteiger partial charge < -0.3 is 15.1 Å². The van der Waals surface area contributed by atoms with E-state index in [-0.39, 0.29) is 0 Å². The van der Waals surface area contributed by atoms with Crippen molar-refractivity contribution in [3.05, 3.63) is 0 Å². The molecule has 1 amide bonds. The van der Waals surface area contributed by atoms with E-state index in [9.17, 15) is 9.59 Å². The van der Waals surface area contributed by atoms with Crippen molar-refractivity contribution in [2.45, 2.75) is 12.2 Å². The average molecular weight is 193 g/mol. The lowest BCUT2D eigenvalue weighted by atomic mass is 10.4. The highest BCUT2D eigenvalue weighted by atomic mass is 32.1. The van der Waals surface area contributed by atoms with E-state index in [4.69, 9.17) is 10.2 Å². The number of aliphatic hydroxyl groups is 1. The van der Waals surface area contributed by atoms with Gasteiger partial charge in [0.15, 0.2) is 0 Å².